The third-order valence-corrected chi connectivity index (χ3v) is 5.28. The van der Waals surface area contributed by atoms with E-state index >= 15 is 0 Å². The van der Waals surface area contributed by atoms with Gasteiger partial charge in [-0.1, -0.05) is 12.8 Å². The fraction of sp³-hybridized carbons (Fsp3) is 0.429. The summed E-state index contributed by atoms with van der Waals surface area (Å²) in [5, 5.41) is 4.35. The largest absolute Gasteiger partial charge is 0.408 e. The monoisotopic (exact) mass is 463 g/mol. The Morgan fingerprint density at radius 1 is 1.12 bits per heavy atom. The molecule has 33 heavy (non-hydrogen) atoms. The minimum Gasteiger partial charge on any atom is -0.337 e. The van der Waals surface area contributed by atoms with Crippen LogP contribution < -0.4 is 0 Å². The van der Waals surface area contributed by atoms with Crippen LogP contribution in [-0.2, 0) is 6.54 Å². The minimum atomic E-state index is -4.55. The van der Waals surface area contributed by atoms with E-state index < -0.39 is 18.5 Å². The van der Waals surface area contributed by atoms with Crippen LogP contribution >= 0.6 is 0 Å². The van der Waals surface area contributed by atoms with E-state index in [4.69, 9.17) is 0 Å². The maximum Gasteiger partial charge on any atom is 0.408 e. The summed E-state index contributed by atoms with van der Waals surface area (Å²) in [6.07, 6.45) is 3.50. The number of rotatable bonds is 3. The molecule has 1 saturated heterocycles. The average Bonchev–Trinajstić information content (AvgIpc) is 2.95. The molecular weight excluding hydrogens is 442 g/mol. The topological polar surface area (TPSA) is 88.1 Å². The highest BCUT2D eigenvalue weighted by Gasteiger charge is 2.31. The van der Waals surface area contributed by atoms with Gasteiger partial charge in [0, 0.05) is 24.7 Å². The first-order valence-electron chi connectivity index (χ1n) is 10.5. The molecule has 0 saturated carbocycles. The molecule has 2 aliphatic rings. The van der Waals surface area contributed by atoms with Crippen molar-refractivity contribution in [2.24, 2.45) is 15.0 Å². The van der Waals surface area contributed by atoms with Gasteiger partial charge in [0.25, 0.3) is 5.91 Å². The molecule has 0 atom stereocenters. The molecule has 2 aromatic rings. The Hall–Kier alpha value is -3.44. The molecule has 0 aromatic carbocycles. The molecule has 8 nitrogen and oxygen atoms in total. The molecule has 1 amide bonds. The molecular formula is C21H21F4N7O. The molecule has 4 rings (SSSR count). The van der Waals surface area contributed by atoms with Crippen LogP contribution in [0.4, 0.5) is 17.6 Å². The smallest absolute Gasteiger partial charge is 0.337 e. The average molecular weight is 463 g/mol. The molecule has 12 heteroatoms. The zero-order chi connectivity index (χ0) is 23.4. The lowest BCUT2D eigenvalue weighted by molar-refractivity contribution is -0.141. The van der Waals surface area contributed by atoms with E-state index in [9.17, 15) is 22.4 Å². The van der Waals surface area contributed by atoms with Crippen molar-refractivity contribution < 1.29 is 22.4 Å². The summed E-state index contributed by atoms with van der Waals surface area (Å²) in [5.41, 5.74) is 0.362. The number of nitrogens with zero attached hydrogens (tertiary/aromatic N) is 7. The minimum absolute atomic E-state index is 0.0491. The summed E-state index contributed by atoms with van der Waals surface area (Å²) < 4.78 is 54.2. The van der Waals surface area contributed by atoms with E-state index in [2.05, 4.69) is 25.1 Å². The van der Waals surface area contributed by atoms with E-state index in [0.29, 0.717) is 13.1 Å². The van der Waals surface area contributed by atoms with Gasteiger partial charge in [0.05, 0.1) is 30.2 Å². The predicted octanol–water partition coefficient (Wildman–Crippen LogP) is 3.72. The lowest BCUT2D eigenvalue weighted by atomic mass is 10.1. The molecule has 0 spiro atoms. The number of likely N-dealkylation sites (tertiary alicyclic amines) is 1. The number of carbonyl (C=O) groups is 1. The Bertz CT molecular complexity index is 1160. The van der Waals surface area contributed by atoms with Crippen LogP contribution in [0.3, 0.4) is 0 Å². The van der Waals surface area contributed by atoms with Crippen molar-refractivity contribution >= 4 is 35.1 Å². The first-order valence-corrected chi connectivity index (χ1v) is 10.5. The highest BCUT2D eigenvalue weighted by atomic mass is 19.4. The fourth-order valence-corrected chi connectivity index (χ4v) is 3.75. The van der Waals surface area contributed by atoms with Gasteiger partial charge in [-0.05, 0) is 18.9 Å². The molecule has 174 valence electrons. The first-order chi connectivity index (χ1) is 15.8. The lowest BCUT2D eigenvalue weighted by Gasteiger charge is -2.19. The van der Waals surface area contributed by atoms with Crippen LogP contribution in [0.1, 0.15) is 41.9 Å². The van der Waals surface area contributed by atoms with Gasteiger partial charge < -0.3 is 4.90 Å². The molecule has 2 aromatic heterocycles. The second kappa shape index (κ2) is 9.59. The zero-order valence-corrected chi connectivity index (χ0v) is 17.6. The number of allylic oxidation sites excluding steroid dienone is 1. The van der Waals surface area contributed by atoms with Crippen LogP contribution in [-0.4, -0.2) is 69.6 Å². The van der Waals surface area contributed by atoms with Gasteiger partial charge in [-0.15, -0.1) is 0 Å². The van der Waals surface area contributed by atoms with Crippen LogP contribution in [0.15, 0.2) is 39.3 Å². The van der Waals surface area contributed by atoms with Crippen molar-refractivity contribution in [3.63, 3.8) is 0 Å². The molecule has 0 N–H and O–H groups in total. The Balaban J connectivity index is 1.78. The highest BCUT2D eigenvalue weighted by Crippen LogP contribution is 2.25. The normalized spacial score (nSPS) is 17.8. The van der Waals surface area contributed by atoms with Gasteiger partial charge in [0.2, 0.25) is 0 Å². The van der Waals surface area contributed by atoms with E-state index in [1.54, 1.807) is 4.90 Å². The summed E-state index contributed by atoms with van der Waals surface area (Å²) in [6, 6.07) is 1.32. The summed E-state index contributed by atoms with van der Waals surface area (Å²) in [4.78, 5) is 30.5. The quantitative estimate of drug-likeness (QED) is 0.650. The van der Waals surface area contributed by atoms with E-state index in [1.807, 2.05) is 0 Å². The van der Waals surface area contributed by atoms with E-state index in [-0.39, 0.29) is 40.5 Å². The molecule has 0 radical (unpaired) electrons. The number of aliphatic imine (C=N–C) groups is 3. The number of carbonyl (C=O) groups excluding carboxylic acids is 1. The summed E-state index contributed by atoms with van der Waals surface area (Å²) in [7, 11) is 0. The number of amides is 1. The number of alkyl halides is 3. The molecule has 4 heterocycles. The van der Waals surface area contributed by atoms with E-state index in [0.717, 1.165) is 49.1 Å². The van der Waals surface area contributed by atoms with Crippen molar-refractivity contribution in [3.05, 3.63) is 35.7 Å². The maximum atomic E-state index is 13.7. The third-order valence-electron chi connectivity index (χ3n) is 5.28. The fourth-order valence-electron chi connectivity index (χ4n) is 3.75. The maximum absolute atomic E-state index is 13.7. The Morgan fingerprint density at radius 3 is 2.61 bits per heavy atom. The SMILES string of the molecule is O=C(c1cc2c(cn1)c(C1=NC=C(F)C=NC=NC1)nn2CC(F)(F)F)N1CCCCCC1. The van der Waals surface area contributed by atoms with Gasteiger partial charge >= 0.3 is 6.18 Å². The van der Waals surface area contributed by atoms with Crippen LogP contribution in [0.2, 0.25) is 0 Å². The first kappa shape index (κ1) is 22.7. The van der Waals surface area contributed by atoms with Crippen molar-refractivity contribution in [2.45, 2.75) is 38.4 Å². The van der Waals surface area contributed by atoms with Crippen molar-refractivity contribution in [2.75, 3.05) is 19.6 Å². The summed E-state index contributed by atoms with van der Waals surface area (Å²) in [5.74, 6) is -1.07. The van der Waals surface area contributed by atoms with Gasteiger partial charge in [0.1, 0.15) is 24.3 Å². The summed E-state index contributed by atoms with van der Waals surface area (Å²) in [6.45, 7) is -0.275. The van der Waals surface area contributed by atoms with E-state index in [1.165, 1.54) is 12.3 Å². The van der Waals surface area contributed by atoms with Crippen molar-refractivity contribution in [1.82, 2.24) is 19.7 Å². The standard InChI is InChI=1S/C21H21F4N7O/c22-14-8-26-13-27-11-17(28-9-14)19-15-10-29-16(20(33)31-5-3-1-2-4-6-31)7-18(15)32(30-19)12-21(23,24)25/h7-10,13H,1-6,11-12H2. The Labute approximate surface area is 186 Å². The molecule has 1 fully saturated rings. The number of hydrogen-bond donors (Lipinski definition) is 0. The van der Waals surface area contributed by atoms with Crippen LogP contribution in [0, 0.1) is 0 Å². The van der Waals surface area contributed by atoms with Crippen molar-refractivity contribution in [3.8, 4) is 0 Å². The third kappa shape index (κ3) is 5.49. The second-order valence-electron chi connectivity index (χ2n) is 7.74. The van der Waals surface area contributed by atoms with Gasteiger partial charge in [-0.2, -0.15) is 18.3 Å². The zero-order valence-electron chi connectivity index (χ0n) is 17.6. The molecule has 0 unspecified atom stereocenters. The Kier molecular flexibility index (Phi) is 6.61. The number of aromatic nitrogens is 3. The van der Waals surface area contributed by atoms with Gasteiger partial charge in [-0.3, -0.25) is 24.4 Å². The number of hydrogen-bond acceptors (Lipinski definition) is 6. The van der Waals surface area contributed by atoms with Crippen molar-refractivity contribution in [1.29, 1.82) is 0 Å². The summed E-state index contributed by atoms with van der Waals surface area (Å²) >= 11 is 0. The Morgan fingerprint density at radius 2 is 1.88 bits per heavy atom. The molecule has 2 aliphatic heterocycles. The number of fused-ring (bicyclic) bond motifs is 1. The predicted molar refractivity (Wildman–Crippen MR) is 116 cm³/mol. The van der Waals surface area contributed by atoms with Crippen LogP contribution in [0.25, 0.3) is 10.9 Å². The van der Waals surface area contributed by atoms with Crippen LogP contribution in [0.5, 0.6) is 0 Å². The molecule has 0 bridgehead atoms. The number of halogens is 4. The second-order valence-corrected chi connectivity index (χ2v) is 7.74. The highest BCUT2D eigenvalue weighted by molar-refractivity contribution is 6.11. The lowest BCUT2D eigenvalue weighted by Crippen LogP contribution is -2.32. The van der Waals surface area contributed by atoms with Gasteiger partial charge in [-0.25, -0.2) is 9.38 Å². The van der Waals surface area contributed by atoms with Gasteiger partial charge in [0.15, 0.2) is 5.83 Å². The number of pyridine rings is 1. The molecule has 0 aliphatic carbocycles.